The van der Waals surface area contributed by atoms with E-state index in [9.17, 15) is 0 Å². The lowest BCUT2D eigenvalue weighted by Gasteiger charge is -2.07. The molecule has 0 aliphatic rings. The summed E-state index contributed by atoms with van der Waals surface area (Å²) in [4.78, 5) is 0. The molecule has 0 saturated carbocycles. The summed E-state index contributed by atoms with van der Waals surface area (Å²) in [5, 5.41) is 3.80. The summed E-state index contributed by atoms with van der Waals surface area (Å²) < 4.78 is 21.1. The molecule has 0 spiro atoms. The molecular weight excluding hydrogens is 330 g/mol. The molecule has 2 aromatic rings. The van der Waals surface area contributed by atoms with Gasteiger partial charge in [-0.3, -0.25) is 0 Å². The minimum absolute atomic E-state index is 0.545. The Morgan fingerprint density at radius 1 is 0.731 bits per heavy atom. The van der Waals surface area contributed by atoms with Crippen LogP contribution in [0.3, 0.4) is 0 Å². The molecule has 0 radical (unpaired) electrons. The van der Waals surface area contributed by atoms with Crippen LogP contribution >= 0.6 is 0 Å². The second-order valence-electron chi connectivity index (χ2n) is 4.13. The van der Waals surface area contributed by atoms with Crippen molar-refractivity contribution in [1.82, 2.24) is 5.16 Å². The molecule has 0 unspecified atom stereocenters. The fourth-order valence-electron chi connectivity index (χ4n) is 1.60. The lowest BCUT2D eigenvalue weighted by atomic mass is 10.3. The van der Waals surface area contributed by atoms with Crippen LogP contribution in [0.25, 0.3) is 0 Å². The van der Waals surface area contributed by atoms with E-state index in [-0.39, 0.29) is 0 Å². The van der Waals surface area contributed by atoms with E-state index in [1.54, 1.807) is 6.26 Å². The molecule has 0 bridgehead atoms. The van der Waals surface area contributed by atoms with Gasteiger partial charge in [0.05, 0.1) is 32.1 Å². The summed E-state index contributed by atoms with van der Waals surface area (Å²) in [6.07, 6.45) is 2.32. The van der Waals surface area contributed by atoms with E-state index >= 15 is 0 Å². The van der Waals surface area contributed by atoms with Gasteiger partial charge in [-0.1, -0.05) is 64.9 Å². The summed E-state index contributed by atoms with van der Waals surface area (Å²) in [5.74, 6) is 0.861. The Bertz CT molecular complexity index is 446. The van der Waals surface area contributed by atoms with Crippen molar-refractivity contribution in [2.75, 3.05) is 33.0 Å². The van der Waals surface area contributed by atoms with Crippen LogP contribution in [0.1, 0.15) is 47.2 Å². The highest BCUT2D eigenvalue weighted by atomic mass is 16.5. The molecular formula is C21H37NO4. The number of hydrogen-bond donors (Lipinski definition) is 0. The van der Waals surface area contributed by atoms with Gasteiger partial charge in [-0.15, -0.1) is 0 Å². The van der Waals surface area contributed by atoms with E-state index < -0.39 is 0 Å². The second kappa shape index (κ2) is 23.1. The zero-order valence-corrected chi connectivity index (χ0v) is 17.4. The van der Waals surface area contributed by atoms with Crippen LogP contribution in [0, 0.1) is 0 Å². The van der Waals surface area contributed by atoms with Crippen LogP contribution in [0.5, 0.6) is 5.75 Å². The zero-order valence-electron chi connectivity index (χ0n) is 17.4. The lowest BCUT2D eigenvalue weighted by molar-refractivity contribution is 0.0370. The van der Waals surface area contributed by atoms with Crippen LogP contribution in [0.15, 0.2) is 47.2 Å². The number of benzene rings is 1. The predicted molar refractivity (Wildman–Crippen MR) is 108 cm³/mol. The first-order valence-corrected chi connectivity index (χ1v) is 9.68. The fourth-order valence-corrected chi connectivity index (χ4v) is 1.60. The van der Waals surface area contributed by atoms with E-state index in [0.29, 0.717) is 33.0 Å². The molecule has 0 atom stereocenters. The summed E-state index contributed by atoms with van der Waals surface area (Å²) >= 11 is 0. The summed E-state index contributed by atoms with van der Waals surface area (Å²) in [6.45, 7) is 14.9. The molecule has 5 nitrogen and oxygen atoms in total. The molecule has 5 heteroatoms. The zero-order chi connectivity index (χ0) is 19.9. The Morgan fingerprint density at radius 3 is 1.88 bits per heavy atom. The van der Waals surface area contributed by atoms with Crippen molar-refractivity contribution in [1.29, 1.82) is 0 Å². The number of aromatic nitrogens is 1. The monoisotopic (exact) mass is 367 g/mol. The van der Waals surface area contributed by atoms with Gasteiger partial charge < -0.3 is 18.7 Å². The number of rotatable bonds is 10. The smallest absolute Gasteiger partial charge is 0.124 e. The van der Waals surface area contributed by atoms with Crippen molar-refractivity contribution < 1.29 is 18.7 Å². The van der Waals surface area contributed by atoms with E-state index in [1.165, 1.54) is 0 Å². The highest BCUT2D eigenvalue weighted by molar-refractivity contribution is 5.20. The minimum Gasteiger partial charge on any atom is -0.491 e. The van der Waals surface area contributed by atoms with Crippen molar-refractivity contribution >= 4 is 0 Å². The van der Waals surface area contributed by atoms with Crippen LogP contribution in [-0.2, 0) is 15.9 Å². The SMILES string of the molecule is CC.CC.CC.c1ccc(OCCOCCOCCc2ccon2)cc1. The number of hydrogen-bond acceptors (Lipinski definition) is 5. The Labute approximate surface area is 159 Å². The first-order chi connectivity index (χ1) is 12.9. The van der Waals surface area contributed by atoms with Gasteiger partial charge >= 0.3 is 0 Å². The van der Waals surface area contributed by atoms with E-state index in [4.69, 9.17) is 18.7 Å². The van der Waals surface area contributed by atoms with Gasteiger partial charge in [-0.25, -0.2) is 0 Å². The minimum atomic E-state index is 0.545. The fraction of sp³-hybridized carbons (Fsp3) is 0.571. The first-order valence-electron chi connectivity index (χ1n) is 9.68. The maximum absolute atomic E-state index is 5.50. The molecule has 0 N–H and O–H groups in total. The molecule has 0 amide bonds. The third-order valence-corrected chi connectivity index (χ3v) is 2.61. The van der Waals surface area contributed by atoms with Crippen LogP contribution in [0.4, 0.5) is 0 Å². The van der Waals surface area contributed by atoms with Crippen LogP contribution in [0.2, 0.25) is 0 Å². The number of ether oxygens (including phenoxy) is 3. The average Bonchev–Trinajstić information content (AvgIpc) is 3.26. The molecule has 26 heavy (non-hydrogen) atoms. The maximum Gasteiger partial charge on any atom is 0.124 e. The van der Waals surface area contributed by atoms with Gasteiger partial charge in [0.25, 0.3) is 0 Å². The maximum atomic E-state index is 5.50. The van der Waals surface area contributed by atoms with Crippen LogP contribution in [-0.4, -0.2) is 38.2 Å². The Balaban J connectivity index is 0. The number of para-hydroxylation sites is 1. The van der Waals surface area contributed by atoms with Crippen molar-refractivity contribution in [3.8, 4) is 5.75 Å². The van der Waals surface area contributed by atoms with Gasteiger partial charge in [-0.2, -0.15) is 0 Å². The molecule has 150 valence electrons. The molecule has 0 saturated heterocycles. The largest absolute Gasteiger partial charge is 0.491 e. The Hall–Kier alpha value is -1.85. The van der Waals surface area contributed by atoms with Gasteiger partial charge in [-0.05, 0) is 12.1 Å². The topological polar surface area (TPSA) is 53.7 Å². The first kappa shape index (κ1) is 26.4. The molecule has 1 aromatic carbocycles. The number of nitrogens with zero attached hydrogens (tertiary/aromatic N) is 1. The van der Waals surface area contributed by atoms with E-state index in [2.05, 4.69) is 5.16 Å². The summed E-state index contributed by atoms with van der Waals surface area (Å²) in [5.41, 5.74) is 0.905. The van der Waals surface area contributed by atoms with Gasteiger partial charge in [0.2, 0.25) is 0 Å². The van der Waals surface area contributed by atoms with Crippen molar-refractivity contribution in [2.24, 2.45) is 0 Å². The normalized spacial score (nSPS) is 8.85. The highest BCUT2D eigenvalue weighted by Gasteiger charge is 1.96. The third-order valence-electron chi connectivity index (χ3n) is 2.61. The molecule has 0 fully saturated rings. The van der Waals surface area contributed by atoms with Crippen LogP contribution < -0.4 is 4.74 Å². The molecule has 0 aliphatic heterocycles. The van der Waals surface area contributed by atoms with Gasteiger partial charge in [0, 0.05) is 12.5 Å². The molecule has 1 aromatic heterocycles. The quantitative estimate of drug-likeness (QED) is 0.526. The molecule has 0 aliphatic carbocycles. The third kappa shape index (κ3) is 15.7. The standard InChI is InChI=1S/C15H19NO4.3C2H6/c1-2-4-15(5-3-1)19-13-12-18-11-10-17-8-6-14-7-9-20-16-14;3*1-2/h1-5,7,9H,6,8,10-13H2;3*1-2H3. The second-order valence-corrected chi connectivity index (χ2v) is 4.13. The summed E-state index contributed by atoms with van der Waals surface area (Å²) in [7, 11) is 0. The Kier molecular flexibility index (Phi) is 23.5. The Morgan fingerprint density at radius 2 is 1.31 bits per heavy atom. The molecule has 2 rings (SSSR count). The van der Waals surface area contributed by atoms with Crippen molar-refractivity contribution in [3.63, 3.8) is 0 Å². The highest BCUT2D eigenvalue weighted by Crippen LogP contribution is 2.07. The lowest BCUT2D eigenvalue weighted by Crippen LogP contribution is -2.11. The average molecular weight is 368 g/mol. The van der Waals surface area contributed by atoms with E-state index in [1.807, 2.05) is 77.9 Å². The van der Waals surface area contributed by atoms with Crippen molar-refractivity contribution in [2.45, 2.75) is 48.0 Å². The van der Waals surface area contributed by atoms with Crippen molar-refractivity contribution in [3.05, 3.63) is 48.4 Å². The van der Waals surface area contributed by atoms with Gasteiger partial charge in [0.15, 0.2) is 0 Å². The summed E-state index contributed by atoms with van der Waals surface area (Å²) in [6, 6.07) is 11.5. The predicted octanol–water partition coefficient (Wildman–Crippen LogP) is 5.41. The molecule has 1 heterocycles. The van der Waals surface area contributed by atoms with E-state index in [0.717, 1.165) is 17.9 Å². The van der Waals surface area contributed by atoms with Gasteiger partial charge in [0.1, 0.15) is 18.6 Å².